The molecular weight excluding hydrogens is 346 g/mol. The van der Waals surface area contributed by atoms with Crippen LogP contribution in [-0.2, 0) is 13.2 Å². The van der Waals surface area contributed by atoms with Gasteiger partial charge in [-0.3, -0.25) is 0 Å². The van der Waals surface area contributed by atoms with Gasteiger partial charge in [-0.15, -0.1) is 11.3 Å². The molecule has 6 heteroatoms. The number of aromatic nitrogens is 1. The van der Waals surface area contributed by atoms with Crippen molar-refractivity contribution >= 4 is 23.1 Å². The van der Waals surface area contributed by atoms with Gasteiger partial charge in [0.1, 0.15) is 12.4 Å². The number of rotatable bonds is 6. The Bertz CT molecular complexity index is 879. The Hall–Kier alpha value is -2.86. The highest BCUT2D eigenvalue weighted by molar-refractivity contribution is 7.07. The molecule has 134 valence electrons. The number of ether oxygens (including phenoxy) is 1. The SMILES string of the molecule is Cc1ccc(CNC(=O)Nc2cccc(OCc3cscn3)c2)c(C)c1. The monoisotopic (exact) mass is 367 g/mol. The van der Waals surface area contributed by atoms with E-state index in [0.29, 0.717) is 24.6 Å². The zero-order chi connectivity index (χ0) is 18.4. The average Bonchev–Trinajstić information content (AvgIpc) is 3.13. The van der Waals surface area contributed by atoms with Crippen molar-refractivity contribution in [3.05, 3.63) is 75.7 Å². The minimum atomic E-state index is -0.248. The van der Waals surface area contributed by atoms with Gasteiger partial charge in [0.25, 0.3) is 0 Å². The Kier molecular flexibility index (Phi) is 5.86. The lowest BCUT2D eigenvalue weighted by Gasteiger charge is -2.11. The van der Waals surface area contributed by atoms with Crippen LogP contribution in [0, 0.1) is 13.8 Å². The molecule has 1 aromatic heterocycles. The second-order valence-electron chi connectivity index (χ2n) is 6.03. The highest BCUT2D eigenvalue weighted by atomic mass is 32.1. The molecule has 0 bridgehead atoms. The van der Waals surface area contributed by atoms with E-state index in [2.05, 4.69) is 28.6 Å². The maximum Gasteiger partial charge on any atom is 0.319 e. The number of amides is 2. The Balaban J connectivity index is 1.53. The summed E-state index contributed by atoms with van der Waals surface area (Å²) < 4.78 is 5.70. The minimum absolute atomic E-state index is 0.248. The maximum absolute atomic E-state index is 12.1. The summed E-state index contributed by atoms with van der Waals surface area (Å²) in [4.78, 5) is 16.3. The first kappa shape index (κ1) is 17.9. The highest BCUT2D eigenvalue weighted by Crippen LogP contribution is 2.19. The molecule has 0 aliphatic carbocycles. The summed E-state index contributed by atoms with van der Waals surface area (Å²) in [5, 5.41) is 7.66. The van der Waals surface area contributed by atoms with E-state index in [-0.39, 0.29) is 6.03 Å². The van der Waals surface area contributed by atoms with Crippen molar-refractivity contribution < 1.29 is 9.53 Å². The summed E-state index contributed by atoms with van der Waals surface area (Å²) >= 11 is 1.54. The lowest BCUT2D eigenvalue weighted by molar-refractivity contribution is 0.251. The van der Waals surface area contributed by atoms with Crippen molar-refractivity contribution in [3.8, 4) is 5.75 Å². The minimum Gasteiger partial charge on any atom is -0.487 e. The predicted octanol–water partition coefficient (Wildman–Crippen LogP) is 4.66. The molecule has 2 N–H and O–H groups in total. The van der Waals surface area contributed by atoms with Gasteiger partial charge in [0.15, 0.2) is 0 Å². The molecule has 2 amide bonds. The van der Waals surface area contributed by atoms with Crippen LogP contribution in [0.25, 0.3) is 0 Å². The number of hydrogen-bond donors (Lipinski definition) is 2. The first-order valence-electron chi connectivity index (χ1n) is 8.31. The Morgan fingerprint density at radius 2 is 2.08 bits per heavy atom. The Morgan fingerprint density at radius 3 is 2.85 bits per heavy atom. The van der Waals surface area contributed by atoms with Crippen LogP contribution in [-0.4, -0.2) is 11.0 Å². The van der Waals surface area contributed by atoms with E-state index in [1.54, 1.807) is 11.6 Å². The van der Waals surface area contributed by atoms with Crippen molar-refractivity contribution in [2.75, 3.05) is 5.32 Å². The summed E-state index contributed by atoms with van der Waals surface area (Å²) in [6.45, 7) is 5.00. The number of anilines is 1. The lowest BCUT2D eigenvalue weighted by Crippen LogP contribution is -2.28. The number of carbonyl (C=O) groups excluding carboxylic acids is 1. The number of benzene rings is 2. The molecule has 1 heterocycles. The van der Waals surface area contributed by atoms with Gasteiger partial charge in [0.05, 0.1) is 11.2 Å². The summed E-state index contributed by atoms with van der Waals surface area (Å²) in [6.07, 6.45) is 0. The van der Waals surface area contributed by atoms with E-state index in [1.165, 1.54) is 22.5 Å². The van der Waals surface area contributed by atoms with Crippen LogP contribution < -0.4 is 15.4 Å². The molecule has 0 saturated heterocycles. The predicted molar refractivity (Wildman–Crippen MR) is 105 cm³/mol. The molecule has 0 atom stereocenters. The van der Waals surface area contributed by atoms with Crippen molar-refractivity contribution in [2.24, 2.45) is 0 Å². The lowest BCUT2D eigenvalue weighted by atomic mass is 10.1. The highest BCUT2D eigenvalue weighted by Gasteiger charge is 2.05. The summed E-state index contributed by atoms with van der Waals surface area (Å²) in [6, 6.07) is 13.3. The van der Waals surface area contributed by atoms with E-state index < -0.39 is 0 Å². The number of carbonyl (C=O) groups is 1. The van der Waals surface area contributed by atoms with Crippen LogP contribution in [0.1, 0.15) is 22.4 Å². The molecule has 5 nitrogen and oxygen atoms in total. The largest absolute Gasteiger partial charge is 0.487 e. The molecule has 0 unspecified atom stereocenters. The third-order valence-corrected chi connectivity index (χ3v) is 4.53. The van der Waals surface area contributed by atoms with Gasteiger partial charge >= 0.3 is 6.03 Å². The van der Waals surface area contributed by atoms with Crippen molar-refractivity contribution in [3.63, 3.8) is 0 Å². The fourth-order valence-electron chi connectivity index (χ4n) is 2.52. The molecular formula is C20H21N3O2S. The Labute approximate surface area is 157 Å². The van der Waals surface area contributed by atoms with E-state index in [0.717, 1.165) is 11.3 Å². The van der Waals surface area contributed by atoms with Gasteiger partial charge < -0.3 is 15.4 Å². The van der Waals surface area contributed by atoms with E-state index in [1.807, 2.05) is 42.6 Å². The summed E-state index contributed by atoms with van der Waals surface area (Å²) in [5.41, 5.74) is 6.83. The molecule has 0 aliphatic heterocycles. The quantitative estimate of drug-likeness (QED) is 0.666. The Morgan fingerprint density at radius 1 is 1.19 bits per heavy atom. The molecule has 2 aromatic carbocycles. The molecule has 0 fully saturated rings. The first-order chi connectivity index (χ1) is 12.6. The summed E-state index contributed by atoms with van der Waals surface area (Å²) in [7, 11) is 0. The number of thiazole rings is 1. The van der Waals surface area contributed by atoms with Crippen LogP contribution in [0.2, 0.25) is 0 Å². The molecule has 3 rings (SSSR count). The normalized spacial score (nSPS) is 10.4. The number of nitrogens with one attached hydrogen (secondary N) is 2. The maximum atomic E-state index is 12.1. The van der Waals surface area contributed by atoms with Crippen molar-refractivity contribution in [2.45, 2.75) is 27.0 Å². The topological polar surface area (TPSA) is 63.2 Å². The zero-order valence-corrected chi connectivity index (χ0v) is 15.6. The zero-order valence-electron chi connectivity index (χ0n) is 14.8. The molecule has 3 aromatic rings. The fourth-order valence-corrected chi connectivity index (χ4v) is 3.07. The smallest absolute Gasteiger partial charge is 0.319 e. The van der Waals surface area contributed by atoms with Gasteiger partial charge in [-0.1, -0.05) is 29.8 Å². The second kappa shape index (κ2) is 8.49. The van der Waals surface area contributed by atoms with Crippen LogP contribution in [0.5, 0.6) is 5.75 Å². The standard InChI is InChI=1S/C20H21N3O2S/c1-14-6-7-16(15(2)8-14)10-21-20(24)23-17-4-3-5-19(9-17)25-11-18-12-26-13-22-18/h3-9,12-13H,10-11H2,1-2H3,(H2,21,23,24). The third-order valence-electron chi connectivity index (χ3n) is 3.90. The average molecular weight is 367 g/mol. The molecule has 0 spiro atoms. The second-order valence-corrected chi connectivity index (χ2v) is 6.75. The van der Waals surface area contributed by atoms with Crippen LogP contribution in [0.4, 0.5) is 10.5 Å². The molecule has 0 aliphatic rings. The molecule has 26 heavy (non-hydrogen) atoms. The van der Waals surface area contributed by atoms with Gasteiger partial charge in [0.2, 0.25) is 0 Å². The number of aryl methyl sites for hydroxylation is 2. The van der Waals surface area contributed by atoms with Crippen LogP contribution in [0.3, 0.4) is 0 Å². The number of nitrogens with zero attached hydrogens (tertiary/aromatic N) is 1. The molecule has 0 saturated carbocycles. The first-order valence-corrected chi connectivity index (χ1v) is 9.25. The van der Waals surface area contributed by atoms with Crippen molar-refractivity contribution in [1.29, 1.82) is 0 Å². The van der Waals surface area contributed by atoms with E-state index in [9.17, 15) is 4.79 Å². The fraction of sp³-hybridized carbons (Fsp3) is 0.200. The van der Waals surface area contributed by atoms with Crippen LogP contribution in [0.15, 0.2) is 53.4 Å². The van der Waals surface area contributed by atoms with E-state index >= 15 is 0 Å². The van der Waals surface area contributed by atoms with Crippen molar-refractivity contribution in [1.82, 2.24) is 10.3 Å². The van der Waals surface area contributed by atoms with Gasteiger partial charge in [-0.05, 0) is 37.1 Å². The van der Waals surface area contributed by atoms with Gasteiger partial charge in [0, 0.05) is 23.7 Å². The number of hydrogen-bond acceptors (Lipinski definition) is 4. The summed E-state index contributed by atoms with van der Waals surface area (Å²) in [5.74, 6) is 0.685. The van der Waals surface area contributed by atoms with Gasteiger partial charge in [-0.2, -0.15) is 0 Å². The van der Waals surface area contributed by atoms with Crippen LogP contribution >= 0.6 is 11.3 Å². The van der Waals surface area contributed by atoms with E-state index in [4.69, 9.17) is 4.74 Å². The van der Waals surface area contributed by atoms with Gasteiger partial charge in [-0.25, -0.2) is 9.78 Å². The third kappa shape index (κ3) is 5.07. The number of urea groups is 1. The molecule has 0 radical (unpaired) electrons.